The van der Waals surface area contributed by atoms with Gasteiger partial charge in [0.2, 0.25) is 0 Å². The number of hydrogen-bond acceptors (Lipinski definition) is 2. The second kappa shape index (κ2) is 8.25. The smallest absolute Gasteiger partial charge is 0.0465 e. The SMILES string of the molecule is CCOCCCCCC1CCNCC1. The highest BCUT2D eigenvalue weighted by Gasteiger charge is 2.11. The molecule has 0 bridgehead atoms. The van der Waals surface area contributed by atoms with Gasteiger partial charge in [-0.25, -0.2) is 0 Å². The van der Waals surface area contributed by atoms with Crippen LogP contribution in [0.3, 0.4) is 0 Å². The van der Waals surface area contributed by atoms with E-state index in [0.29, 0.717) is 0 Å². The highest BCUT2D eigenvalue weighted by molar-refractivity contribution is 4.68. The van der Waals surface area contributed by atoms with Crippen molar-refractivity contribution in [1.82, 2.24) is 5.32 Å². The first-order chi connectivity index (χ1) is 6.93. The molecule has 0 unspecified atom stereocenters. The Morgan fingerprint density at radius 3 is 2.64 bits per heavy atom. The lowest BCUT2D eigenvalue weighted by Gasteiger charge is -2.22. The molecule has 0 radical (unpaired) electrons. The lowest BCUT2D eigenvalue weighted by atomic mass is 9.92. The molecule has 1 aliphatic rings. The summed E-state index contributed by atoms with van der Waals surface area (Å²) in [4.78, 5) is 0. The molecular formula is C12H25NO. The van der Waals surface area contributed by atoms with Crippen molar-refractivity contribution in [2.24, 2.45) is 5.92 Å². The van der Waals surface area contributed by atoms with Crippen LogP contribution in [0.25, 0.3) is 0 Å². The molecule has 0 aromatic heterocycles. The Hall–Kier alpha value is -0.0800. The van der Waals surface area contributed by atoms with E-state index in [1.165, 1.54) is 51.6 Å². The van der Waals surface area contributed by atoms with Gasteiger partial charge in [-0.1, -0.05) is 19.3 Å². The molecule has 1 fully saturated rings. The van der Waals surface area contributed by atoms with Crippen molar-refractivity contribution in [1.29, 1.82) is 0 Å². The second-order valence-electron chi connectivity index (χ2n) is 4.24. The van der Waals surface area contributed by atoms with Crippen LogP contribution in [0.15, 0.2) is 0 Å². The summed E-state index contributed by atoms with van der Waals surface area (Å²) in [6.45, 7) is 6.37. The average molecular weight is 199 g/mol. The van der Waals surface area contributed by atoms with Crippen LogP contribution in [0.4, 0.5) is 0 Å². The van der Waals surface area contributed by atoms with Gasteiger partial charge >= 0.3 is 0 Å². The zero-order valence-electron chi connectivity index (χ0n) is 9.56. The maximum Gasteiger partial charge on any atom is 0.0465 e. The van der Waals surface area contributed by atoms with Crippen molar-refractivity contribution in [2.75, 3.05) is 26.3 Å². The van der Waals surface area contributed by atoms with Gasteiger partial charge in [-0.3, -0.25) is 0 Å². The van der Waals surface area contributed by atoms with Gasteiger partial charge in [-0.2, -0.15) is 0 Å². The number of rotatable bonds is 7. The van der Waals surface area contributed by atoms with Crippen molar-refractivity contribution < 1.29 is 4.74 Å². The molecule has 2 heteroatoms. The van der Waals surface area contributed by atoms with Crippen LogP contribution in [0, 0.1) is 5.92 Å². The highest BCUT2D eigenvalue weighted by Crippen LogP contribution is 2.18. The van der Waals surface area contributed by atoms with E-state index in [1.807, 2.05) is 0 Å². The van der Waals surface area contributed by atoms with E-state index in [4.69, 9.17) is 4.74 Å². The Bertz CT molecular complexity index is 121. The summed E-state index contributed by atoms with van der Waals surface area (Å²) >= 11 is 0. The molecule has 0 atom stereocenters. The molecule has 1 heterocycles. The first kappa shape index (κ1) is 12.0. The minimum Gasteiger partial charge on any atom is -0.382 e. The summed E-state index contributed by atoms with van der Waals surface area (Å²) in [5.74, 6) is 1.00. The van der Waals surface area contributed by atoms with Crippen LogP contribution in [-0.4, -0.2) is 26.3 Å². The van der Waals surface area contributed by atoms with Crippen LogP contribution < -0.4 is 5.32 Å². The summed E-state index contributed by atoms with van der Waals surface area (Å²) < 4.78 is 5.32. The monoisotopic (exact) mass is 199 g/mol. The van der Waals surface area contributed by atoms with Crippen molar-refractivity contribution >= 4 is 0 Å². The minimum absolute atomic E-state index is 0.869. The first-order valence-electron chi connectivity index (χ1n) is 6.22. The molecule has 0 aromatic carbocycles. The number of ether oxygens (including phenoxy) is 1. The maximum atomic E-state index is 5.32. The number of unbranched alkanes of at least 4 members (excludes halogenated alkanes) is 2. The third-order valence-electron chi connectivity index (χ3n) is 3.06. The number of nitrogens with one attached hydrogen (secondary N) is 1. The van der Waals surface area contributed by atoms with Gasteiger partial charge in [0.1, 0.15) is 0 Å². The first-order valence-corrected chi connectivity index (χ1v) is 6.22. The van der Waals surface area contributed by atoms with Gasteiger partial charge in [0, 0.05) is 13.2 Å². The van der Waals surface area contributed by atoms with E-state index in [9.17, 15) is 0 Å². The molecule has 84 valence electrons. The lowest BCUT2D eigenvalue weighted by molar-refractivity contribution is 0.142. The zero-order valence-corrected chi connectivity index (χ0v) is 9.56. The molecule has 0 aliphatic carbocycles. The molecule has 0 amide bonds. The normalized spacial score (nSPS) is 18.6. The summed E-state index contributed by atoms with van der Waals surface area (Å²) in [6, 6.07) is 0. The van der Waals surface area contributed by atoms with Crippen molar-refractivity contribution in [3.05, 3.63) is 0 Å². The van der Waals surface area contributed by atoms with E-state index in [2.05, 4.69) is 12.2 Å². The fourth-order valence-corrected chi connectivity index (χ4v) is 2.13. The largest absolute Gasteiger partial charge is 0.382 e. The van der Waals surface area contributed by atoms with E-state index in [-0.39, 0.29) is 0 Å². The predicted octanol–water partition coefficient (Wildman–Crippen LogP) is 2.58. The zero-order chi connectivity index (χ0) is 10.1. The third kappa shape index (κ3) is 5.61. The Morgan fingerprint density at radius 1 is 1.14 bits per heavy atom. The summed E-state index contributed by atoms with van der Waals surface area (Å²) in [5.41, 5.74) is 0. The fourth-order valence-electron chi connectivity index (χ4n) is 2.13. The molecule has 0 aromatic rings. The average Bonchev–Trinajstić information content (AvgIpc) is 2.25. The second-order valence-corrected chi connectivity index (χ2v) is 4.24. The Morgan fingerprint density at radius 2 is 1.93 bits per heavy atom. The van der Waals surface area contributed by atoms with Gasteiger partial charge in [-0.05, 0) is 45.2 Å². The van der Waals surface area contributed by atoms with E-state index < -0.39 is 0 Å². The molecule has 1 rings (SSSR count). The topological polar surface area (TPSA) is 21.3 Å². The van der Waals surface area contributed by atoms with Gasteiger partial charge in [0.15, 0.2) is 0 Å². The van der Waals surface area contributed by atoms with Gasteiger partial charge in [-0.15, -0.1) is 0 Å². The third-order valence-corrected chi connectivity index (χ3v) is 3.06. The summed E-state index contributed by atoms with van der Waals surface area (Å²) in [5, 5.41) is 3.41. The predicted molar refractivity (Wildman–Crippen MR) is 60.6 cm³/mol. The van der Waals surface area contributed by atoms with Crippen LogP contribution >= 0.6 is 0 Å². The summed E-state index contributed by atoms with van der Waals surface area (Å²) in [7, 11) is 0. The Balaban J connectivity index is 1.82. The maximum absolute atomic E-state index is 5.32. The molecular weight excluding hydrogens is 174 g/mol. The minimum atomic E-state index is 0.869. The fraction of sp³-hybridized carbons (Fsp3) is 1.00. The van der Waals surface area contributed by atoms with E-state index in [0.717, 1.165) is 19.1 Å². The molecule has 1 saturated heterocycles. The Labute approximate surface area is 88.4 Å². The molecule has 14 heavy (non-hydrogen) atoms. The highest BCUT2D eigenvalue weighted by atomic mass is 16.5. The molecule has 1 N–H and O–H groups in total. The molecule has 1 aliphatic heterocycles. The van der Waals surface area contributed by atoms with Crippen LogP contribution in [0.2, 0.25) is 0 Å². The van der Waals surface area contributed by atoms with E-state index >= 15 is 0 Å². The van der Waals surface area contributed by atoms with Crippen molar-refractivity contribution in [3.8, 4) is 0 Å². The molecule has 0 spiro atoms. The van der Waals surface area contributed by atoms with Crippen molar-refractivity contribution in [2.45, 2.75) is 45.4 Å². The number of hydrogen-bond donors (Lipinski definition) is 1. The van der Waals surface area contributed by atoms with Gasteiger partial charge in [0.05, 0.1) is 0 Å². The van der Waals surface area contributed by atoms with Crippen LogP contribution in [0.5, 0.6) is 0 Å². The van der Waals surface area contributed by atoms with E-state index in [1.54, 1.807) is 0 Å². The van der Waals surface area contributed by atoms with Crippen LogP contribution in [-0.2, 0) is 4.74 Å². The van der Waals surface area contributed by atoms with Crippen LogP contribution in [0.1, 0.15) is 45.4 Å². The Kier molecular flexibility index (Phi) is 7.06. The van der Waals surface area contributed by atoms with Crippen molar-refractivity contribution in [3.63, 3.8) is 0 Å². The lowest BCUT2D eigenvalue weighted by Crippen LogP contribution is -2.27. The number of piperidine rings is 1. The standard InChI is InChI=1S/C12H25NO/c1-2-14-11-5-3-4-6-12-7-9-13-10-8-12/h12-13H,2-11H2,1H3. The quantitative estimate of drug-likeness (QED) is 0.636. The van der Waals surface area contributed by atoms with Gasteiger partial charge < -0.3 is 10.1 Å². The van der Waals surface area contributed by atoms with Gasteiger partial charge in [0.25, 0.3) is 0 Å². The molecule has 0 saturated carbocycles. The summed E-state index contributed by atoms with van der Waals surface area (Å²) in [6.07, 6.45) is 8.23. The molecule has 2 nitrogen and oxygen atoms in total.